The van der Waals surface area contributed by atoms with E-state index < -0.39 is 5.97 Å². The van der Waals surface area contributed by atoms with Gasteiger partial charge in [-0.3, -0.25) is 4.79 Å². The van der Waals surface area contributed by atoms with Gasteiger partial charge in [-0.1, -0.05) is 0 Å². The van der Waals surface area contributed by atoms with Crippen molar-refractivity contribution >= 4 is 46.1 Å². The fourth-order valence-corrected chi connectivity index (χ4v) is 2.83. The standard InChI is InChI=1S/C12H12BrNO3S/c13-9-4-8(12(16)17)1-2-10(9)14-5-7(6-18)3-11(14)15/h1-2,4,7,18H,3,5-6H2,(H,16,17). The molecule has 1 fully saturated rings. The topological polar surface area (TPSA) is 57.6 Å². The fourth-order valence-electron chi connectivity index (χ4n) is 2.00. The number of aromatic carboxylic acids is 1. The van der Waals surface area contributed by atoms with Gasteiger partial charge in [0.2, 0.25) is 5.91 Å². The molecule has 0 aliphatic carbocycles. The summed E-state index contributed by atoms with van der Waals surface area (Å²) in [6.45, 7) is 0.632. The molecule has 6 heteroatoms. The summed E-state index contributed by atoms with van der Waals surface area (Å²) in [5.41, 5.74) is 0.914. The molecule has 1 saturated heterocycles. The van der Waals surface area contributed by atoms with Crippen molar-refractivity contribution in [2.24, 2.45) is 5.92 Å². The summed E-state index contributed by atoms with van der Waals surface area (Å²) in [6.07, 6.45) is 0.497. The van der Waals surface area contributed by atoms with Crippen LogP contribution in [-0.4, -0.2) is 29.3 Å². The van der Waals surface area contributed by atoms with Crippen LogP contribution in [0.2, 0.25) is 0 Å². The third kappa shape index (κ3) is 2.54. The molecule has 1 aromatic rings. The lowest BCUT2D eigenvalue weighted by Crippen LogP contribution is -2.25. The van der Waals surface area contributed by atoms with Gasteiger partial charge in [0, 0.05) is 17.4 Å². The van der Waals surface area contributed by atoms with E-state index in [1.165, 1.54) is 12.1 Å². The number of amides is 1. The summed E-state index contributed by atoms with van der Waals surface area (Å²) in [6, 6.07) is 4.68. The molecule has 0 saturated carbocycles. The van der Waals surface area contributed by atoms with E-state index in [1.54, 1.807) is 11.0 Å². The Morgan fingerprint density at radius 3 is 2.78 bits per heavy atom. The highest BCUT2D eigenvalue weighted by molar-refractivity contribution is 9.10. The molecule has 4 nitrogen and oxygen atoms in total. The highest BCUT2D eigenvalue weighted by atomic mass is 79.9. The van der Waals surface area contributed by atoms with E-state index in [4.69, 9.17) is 5.11 Å². The molecule has 18 heavy (non-hydrogen) atoms. The minimum atomic E-state index is -0.983. The first-order valence-corrected chi connectivity index (χ1v) is 6.89. The molecule has 1 aliphatic heterocycles. The summed E-state index contributed by atoms with van der Waals surface area (Å²) in [5, 5.41) is 8.89. The molecule has 0 spiro atoms. The number of thiol groups is 1. The number of carbonyl (C=O) groups excluding carboxylic acids is 1. The maximum Gasteiger partial charge on any atom is 0.335 e. The van der Waals surface area contributed by atoms with E-state index in [-0.39, 0.29) is 17.4 Å². The van der Waals surface area contributed by atoms with E-state index in [2.05, 4.69) is 28.6 Å². The van der Waals surface area contributed by atoms with Crippen LogP contribution in [0.1, 0.15) is 16.8 Å². The largest absolute Gasteiger partial charge is 0.478 e. The second kappa shape index (κ2) is 5.32. The first-order chi connectivity index (χ1) is 8.52. The minimum Gasteiger partial charge on any atom is -0.478 e. The van der Waals surface area contributed by atoms with Gasteiger partial charge >= 0.3 is 5.97 Å². The molecular formula is C12H12BrNO3S. The predicted octanol–water partition coefficient (Wildman–Crippen LogP) is 2.43. The van der Waals surface area contributed by atoms with Crippen LogP contribution in [0.5, 0.6) is 0 Å². The van der Waals surface area contributed by atoms with Gasteiger partial charge in [0.1, 0.15) is 0 Å². The predicted molar refractivity (Wildman–Crippen MR) is 75.4 cm³/mol. The van der Waals surface area contributed by atoms with Crippen LogP contribution in [-0.2, 0) is 4.79 Å². The lowest BCUT2D eigenvalue weighted by atomic mass is 10.1. The summed E-state index contributed by atoms with van der Waals surface area (Å²) in [4.78, 5) is 24.4. The van der Waals surface area contributed by atoms with Crippen molar-refractivity contribution in [2.45, 2.75) is 6.42 Å². The van der Waals surface area contributed by atoms with Gasteiger partial charge in [-0.2, -0.15) is 12.6 Å². The Morgan fingerprint density at radius 2 is 2.28 bits per heavy atom. The van der Waals surface area contributed by atoms with Crippen LogP contribution < -0.4 is 4.90 Å². The van der Waals surface area contributed by atoms with Crippen LogP contribution >= 0.6 is 28.6 Å². The van der Waals surface area contributed by atoms with Crippen LogP contribution in [0.25, 0.3) is 0 Å². The maximum absolute atomic E-state index is 11.9. The van der Waals surface area contributed by atoms with Gasteiger partial charge in [0.05, 0.1) is 11.3 Å². The van der Waals surface area contributed by atoms with Gasteiger partial charge in [-0.05, 0) is 45.8 Å². The van der Waals surface area contributed by atoms with Crippen molar-refractivity contribution in [2.75, 3.05) is 17.2 Å². The highest BCUT2D eigenvalue weighted by Gasteiger charge is 2.30. The van der Waals surface area contributed by atoms with Crippen molar-refractivity contribution in [3.63, 3.8) is 0 Å². The Labute approximate surface area is 119 Å². The number of carboxylic acid groups (broad SMARTS) is 1. The number of halogens is 1. The van der Waals surface area contributed by atoms with Crippen LogP contribution in [0.3, 0.4) is 0 Å². The number of carbonyl (C=O) groups is 2. The number of anilines is 1. The fraction of sp³-hybridized carbons (Fsp3) is 0.333. The molecular weight excluding hydrogens is 318 g/mol. The third-order valence-electron chi connectivity index (χ3n) is 2.95. The number of rotatable bonds is 3. The van der Waals surface area contributed by atoms with Gasteiger partial charge < -0.3 is 10.0 Å². The lowest BCUT2D eigenvalue weighted by molar-refractivity contribution is -0.117. The molecule has 1 N–H and O–H groups in total. The van der Waals surface area contributed by atoms with Crippen molar-refractivity contribution < 1.29 is 14.7 Å². The normalized spacial score (nSPS) is 19.3. The zero-order chi connectivity index (χ0) is 13.3. The minimum absolute atomic E-state index is 0.0535. The smallest absolute Gasteiger partial charge is 0.335 e. The summed E-state index contributed by atoms with van der Waals surface area (Å²) >= 11 is 7.53. The molecule has 1 aromatic carbocycles. The zero-order valence-electron chi connectivity index (χ0n) is 9.47. The molecule has 2 rings (SSSR count). The summed E-state index contributed by atoms with van der Waals surface area (Å²) in [7, 11) is 0. The molecule has 1 aliphatic rings. The second-order valence-electron chi connectivity index (χ2n) is 4.23. The van der Waals surface area contributed by atoms with Crippen molar-refractivity contribution in [1.82, 2.24) is 0 Å². The maximum atomic E-state index is 11.9. The second-order valence-corrected chi connectivity index (χ2v) is 5.45. The summed E-state index contributed by atoms with van der Waals surface area (Å²) < 4.78 is 0.621. The van der Waals surface area contributed by atoms with E-state index in [1.807, 2.05) is 0 Å². The Morgan fingerprint density at radius 1 is 1.56 bits per heavy atom. The van der Waals surface area contributed by atoms with Crippen molar-refractivity contribution in [1.29, 1.82) is 0 Å². The molecule has 1 atom stereocenters. The van der Waals surface area contributed by atoms with Crippen LogP contribution in [0.15, 0.2) is 22.7 Å². The quantitative estimate of drug-likeness (QED) is 0.837. The van der Waals surface area contributed by atoms with Gasteiger partial charge in [0.15, 0.2) is 0 Å². The first kappa shape index (κ1) is 13.4. The monoisotopic (exact) mass is 329 g/mol. The molecule has 1 unspecified atom stereocenters. The van der Waals surface area contributed by atoms with Crippen molar-refractivity contribution in [3.05, 3.63) is 28.2 Å². The molecule has 0 radical (unpaired) electrons. The first-order valence-electron chi connectivity index (χ1n) is 5.47. The number of hydrogen-bond donors (Lipinski definition) is 2. The number of hydrogen-bond acceptors (Lipinski definition) is 3. The Bertz CT molecular complexity index is 506. The Kier molecular flexibility index (Phi) is 3.97. The molecule has 0 aromatic heterocycles. The van der Waals surface area contributed by atoms with Gasteiger partial charge in [-0.15, -0.1) is 0 Å². The number of nitrogens with zero attached hydrogens (tertiary/aromatic N) is 1. The number of benzene rings is 1. The Hall–Kier alpha value is -1.01. The third-order valence-corrected chi connectivity index (χ3v) is 4.10. The lowest BCUT2D eigenvalue weighted by Gasteiger charge is -2.18. The van der Waals surface area contributed by atoms with Gasteiger partial charge in [-0.25, -0.2) is 4.79 Å². The van der Waals surface area contributed by atoms with Crippen LogP contribution in [0.4, 0.5) is 5.69 Å². The molecule has 1 amide bonds. The summed E-state index contributed by atoms with van der Waals surface area (Å²) in [5.74, 6) is 0.000477. The SMILES string of the molecule is O=C(O)c1ccc(N2CC(CS)CC2=O)c(Br)c1. The molecule has 0 bridgehead atoms. The van der Waals surface area contributed by atoms with Gasteiger partial charge in [0.25, 0.3) is 0 Å². The molecule has 1 heterocycles. The zero-order valence-corrected chi connectivity index (χ0v) is 11.9. The molecule has 96 valence electrons. The highest BCUT2D eigenvalue weighted by Crippen LogP contribution is 2.32. The average molecular weight is 330 g/mol. The average Bonchev–Trinajstić information content (AvgIpc) is 2.70. The number of carboxylic acids is 1. The van der Waals surface area contributed by atoms with Crippen LogP contribution in [0, 0.1) is 5.92 Å². The van der Waals surface area contributed by atoms with E-state index in [9.17, 15) is 9.59 Å². The van der Waals surface area contributed by atoms with Crippen molar-refractivity contribution in [3.8, 4) is 0 Å². The van der Waals surface area contributed by atoms with E-state index in [0.717, 1.165) is 0 Å². The van der Waals surface area contributed by atoms with E-state index >= 15 is 0 Å². The Balaban J connectivity index is 2.29. The van der Waals surface area contributed by atoms with E-state index in [0.29, 0.717) is 28.9 Å².